The first kappa shape index (κ1) is 11.4. The van der Waals surface area contributed by atoms with E-state index in [1.807, 2.05) is 12.1 Å². The summed E-state index contributed by atoms with van der Waals surface area (Å²) in [5.41, 5.74) is 6.76. The van der Waals surface area contributed by atoms with Crippen LogP contribution in [0.25, 0.3) is 0 Å². The van der Waals surface area contributed by atoms with Crippen LogP contribution in [0.3, 0.4) is 0 Å². The molecule has 1 fully saturated rings. The Balaban J connectivity index is 2.23. The van der Waals surface area contributed by atoms with E-state index in [0.717, 1.165) is 5.56 Å². The highest BCUT2D eigenvalue weighted by molar-refractivity contribution is 6.30. The van der Waals surface area contributed by atoms with Gasteiger partial charge in [-0.2, -0.15) is 0 Å². The molecule has 0 bridgehead atoms. The minimum absolute atomic E-state index is 0.215. The van der Waals surface area contributed by atoms with Crippen LogP contribution >= 0.6 is 11.6 Å². The lowest BCUT2D eigenvalue weighted by atomic mass is 10.0. The quantitative estimate of drug-likeness (QED) is 0.715. The second kappa shape index (κ2) is 4.82. The van der Waals surface area contributed by atoms with Crippen molar-refractivity contribution in [3.05, 3.63) is 34.9 Å². The minimum Gasteiger partial charge on any atom is -0.463 e. The molecular formula is C11H13ClN2O2. The van der Waals surface area contributed by atoms with E-state index in [1.54, 1.807) is 12.1 Å². The van der Waals surface area contributed by atoms with Gasteiger partial charge in [0.25, 0.3) is 0 Å². The fourth-order valence-corrected chi connectivity index (χ4v) is 1.85. The highest BCUT2D eigenvalue weighted by Gasteiger charge is 2.29. The zero-order chi connectivity index (χ0) is 11.5. The van der Waals surface area contributed by atoms with Crippen LogP contribution < -0.4 is 11.1 Å². The van der Waals surface area contributed by atoms with Crippen LogP contribution in [0.4, 0.5) is 0 Å². The van der Waals surface area contributed by atoms with E-state index in [2.05, 4.69) is 5.32 Å². The molecule has 3 N–H and O–H groups in total. The number of rotatable bonds is 1. The Morgan fingerprint density at radius 3 is 2.75 bits per heavy atom. The van der Waals surface area contributed by atoms with Crippen molar-refractivity contribution in [1.29, 1.82) is 0 Å². The van der Waals surface area contributed by atoms with Crippen molar-refractivity contribution in [1.82, 2.24) is 5.32 Å². The Labute approximate surface area is 98.7 Å². The lowest BCUT2D eigenvalue weighted by Crippen LogP contribution is -2.41. The smallest absolute Gasteiger partial charge is 0.324 e. The number of esters is 1. The first-order valence-electron chi connectivity index (χ1n) is 5.09. The molecule has 0 aliphatic carbocycles. The highest BCUT2D eigenvalue weighted by atomic mass is 35.5. The molecule has 1 aliphatic rings. The number of carbonyl (C=O) groups excluding carboxylic acids is 1. The van der Waals surface area contributed by atoms with E-state index in [0.29, 0.717) is 18.2 Å². The molecule has 0 amide bonds. The monoisotopic (exact) mass is 240 g/mol. The van der Waals surface area contributed by atoms with Crippen molar-refractivity contribution in [2.24, 2.45) is 5.73 Å². The van der Waals surface area contributed by atoms with E-state index < -0.39 is 6.04 Å². The number of nitrogens with two attached hydrogens (primary N) is 1. The predicted molar refractivity (Wildman–Crippen MR) is 61.1 cm³/mol. The van der Waals surface area contributed by atoms with Gasteiger partial charge in [-0.3, -0.25) is 4.79 Å². The first-order chi connectivity index (χ1) is 7.68. The number of cyclic esters (lactones) is 1. The molecule has 1 aromatic carbocycles. The molecule has 4 nitrogen and oxygen atoms in total. The molecule has 2 atom stereocenters. The zero-order valence-electron chi connectivity index (χ0n) is 8.65. The average molecular weight is 241 g/mol. The maximum Gasteiger partial charge on any atom is 0.324 e. The van der Waals surface area contributed by atoms with Gasteiger partial charge in [-0.15, -0.1) is 0 Å². The van der Waals surface area contributed by atoms with Crippen molar-refractivity contribution in [3.8, 4) is 0 Å². The molecular weight excluding hydrogens is 228 g/mol. The van der Waals surface area contributed by atoms with Gasteiger partial charge in [0.05, 0.1) is 6.04 Å². The summed E-state index contributed by atoms with van der Waals surface area (Å²) in [6.07, 6.45) is 0. The molecule has 2 rings (SSSR count). The standard InChI is InChI=1S/C11H13ClN2O2/c12-8-3-1-7(2-4-8)10-9(13)11(15)16-6-5-14-10/h1-4,9-10,14H,5-6,13H2/t9-,10+/m0/s1. The molecule has 1 saturated heterocycles. The number of hydrogen-bond acceptors (Lipinski definition) is 4. The fraction of sp³-hybridized carbons (Fsp3) is 0.364. The minimum atomic E-state index is -0.677. The van der Waals surface area contributed by atoms with Crippen LogP contribution in [0.1, 0.15) is 11.6 Å². The highest BCUT2D eigenvalue weighted by Crippen LogP contribution is 2.20. The summed E-state index contributed by atoms with van der Waals surface area (Å²) in [6.45, 7) is 0.962. The van der Waals surface area contributed by atoms with Crippen LogP contribution in [-0.4, -0.2) is 25.2 Å². The number of benzene rings is 1. The third kappa shape index (κ3) is 2.35. The van der Waals surface area contributed by atoms with Crippen LogP contribution in [0.15, 0.2) is 24.3 Å². The predicted octanol–water partition coefficient (Wildman–Crippen LogP) is 0.855. The molecule has 1 aromatic rings. The zero-order valence-corrected chi connectivity index (χ0v) is 9.41. The van der Waals surface area contributed by atoms with Gasteiger partial charge in [-0.05, 0) is 17.7 Å². The van der Waals surface area contributed by atoms with E-state index >= 15 is 0 Å². The topological polar surface area (TPSA) is 64.4 Å². The van der Waals surface area contributed by atoms with Crippen molar-refractivity contribution in [3.63, 3.8) is 0 Å². The third-order valence-electron chi connectivity index (χ3n) is 2.57. The number of halogens is 1. The number of carbonyl (C=O) groups is 1. The second-order valence-corrected chi connectivity index (χ2v) is 4.11. The number of ether oxygens (including phenoxy) is 1. The Kier molecular flexibility index (Phi) is 3.43. The van der Waals surface area contributed by atoms with E-state index in [1.165, 1.54) is 0 Å². The SMILES string of the molecule is N[C@@H]1C(=O)OCCN[C@@H]1c1ccc(Cl)cc1. The number of nitrogens with one attached hydrogen (secondary N) is 1. The van der Waals surface area contributed by atoms with Gasteiger partial charge in [0, 0.05) is 11.6 Å². The molecule has 0 aromatic heterocycles. The summed E-state index contributed by atoms with van der Waals surface area (Å²) in [5, 5.41) is 3.84. The second-order valence-electron chi connectivity index (χ2n) is 3.68. The largest absolute Gasteiger partial charge is 0.463 e. The summed E-state index contributed by atoms with van der Waals surface area (Å²) < 4.78 is 4.94. The average Bonchev–Trinajstić information content (AvgIpc) is 2.44. The first-order valence-corrected chi connectivity index (χ1v) is 5.47. The van der Waals surface area contributed by atoms with Gasteiger partial charge in [-0.25, -0.2) is 0 Å². The van der Waals surface area contributed by atoms with E-state index in [-0.39, 0.29) is 12.0 Å². The van der Waals surface area contributed by atoms with Gasteiger partial charge in [0.15, 0.2) is 0 Å². The summed E-state index contributed by atoms with van der Waals surface area (Å²) in [5.74, 6) is -0.370. The van der Waals surface area contributed by atoms with Crippen LogP contribution in [0.2, 0.25) is 5.02 Å². The molecule has 0 radical (unpaired) electrons. The van der Waals surface area contributed by atoms with Crippen molar-refractivity contribution in [2.75, 3.05) is 13.2 Å². The maximum atomic E-state index is 11.5. The molecule has 0 unspecified atom stereocenters. The summed E-state index contributed by atoms with van der Waals surface area (Å²) >= 11 is 5.80. The molecule has 0 spiro atoms. The van der Waals surface area contributed by atoms with E-state index in [9.17, 15) is 4.79 Å². The Hall–Kier alpha value is -1.10. The van der Waals surface area contributed by atoms with Gasteiger partial charge in [-0.1, -0.05) is 23.7 Å². The summed E-state index contributed by atoms with van der Waals surface area (Å²) in [4.78, 5) is 11.5. The fourth-order valence-electron chi connectivity index (χ4n) is 1.72. The maximum absolute atomic E-state index is 11.5. The van der Waals surface area contributed by atoms with Crippen LogP contribution in [-0.2, 0) is 9.53 Å². The molecule has 16 heavy (non-hydrogen) atoms. The Morgan fingerprint density at radius 1 is 1.38 bits per heavy atom. The lowest BCUT2D eigenvalue weighted by molar-refractivity contribution is -0.144. The molecule has 1 heterocycles. The summed E-state index contributed by atoms with van der Waals surface area (Å²) in [7, 11) is 0. The molecule has 5 heteroatoms. The van der Waals surface area contributed by atoms with E-state index in [4.69, 9.17) is 22.1 Å². The van der Waals surface area contributed by atoms with Gasteiger partial charge < -0.3 is 15.8 Å². The van der Waals surface area contributed by atoms with Crippen molar-refractivity contribution >= 4 is 17.6 Å². The Bertz CT molecular complexity index is 380. The van der Waals surface area contributed by atoms with Gasteiger partial charge in [0.1, 0.15) is 12.6 Å². The van der Waals surface area contributed by atoms with Crippen molar-refractivity contribution < 1.29 is 9.53 Å². The van der Waals surface area contributed by atoms with Crippen LogP contribution in [0, 0.1) is 0 Å². The normalized spacial score (nSPS) is 26.0. The third-order valence-corrected chi connectivity index (χ3v) is 2.82. The summed E-state index contributed by atoms with van der Waals surface area (Å²) in [6, 6.07) is 6.39. The Morgan fingerprint density at radius 2 is 2.06 bits per heavy atom. The van der Waals surface area contributed by atoms with Crippen LogP contribution in [0.5, 0.6) is 0 Å². The van der Waals surface area contributed by atoms with Crippen molar-refractivity contribution in [2.45, 2.75) is 12.1 Å². The lowest BCUT2D eigenvalue weighted by Gasteiger charge is -2.20. The van der Waals surface area contributed by atoms with Gasteiger partial charge >= 0.3 is 5.97 Å². The molecule has 1 aliphatic heterocycles. The molecule has 86 valence electrons. The van der Waals surface area contributed by atoms with Gasteiger partial charge in [0.2, 0.25) is 0 Å². The number of hydrogen-bond donors (Lipinski definition) is 2. The molecule has 0 saturated carbocycles.